The van der Waals surface area contributed by atoms with Crippen molar-refractivity contribution in [2.24, 2.45) is 0 Å². The van der Waals surface area contributed by atoms with E-state index in [-0.39, 0.29) is 17.6 Å². The molecule has 2 atom stereocenters. The molecule has 0 amide bonds. The molecule has 2 aromatic rings. The van der Waals surface area contributed by atoms with Crippen LogP contribution in [0.3, 0.4) is 0 Å². The first-order valence-electron chi connectivity index (χ1n) is 8.96. The van der Waals surface area contributed by atoms with Crippen LogP contribution in [0.15, 0.2) is 23.3 Å². The number of nitrogens with zero attached hydrogens (tertiary/aromatic N) is 4. The molecule has 0 radical (unpaired) electrons. The van der Waals surface area contributed by atoms with Crippen LogP contribution in [0.2, 0.25) is 0 Å². The Balaban J connectivity index is 1.62. The lowest BCUT2D eigenvalue weighted by atomic mass is 10.1. The van der Waals surface area contributed by atoms with E-state index in [1.54, 1.807) is 23.1 Å². The number of hydrogen-bond acceptors (Lipinski definition) is 6. The summed E-state index contributed by atoms with van der Waals surface area (Å²) in [5.41, 5.74) is 3.09. The summed E-state index contributed by atoms with van der Waals surface area (Å²) in [4.78, 5) is 21.2. The number of anilines is 1. The fourth-order valence-electron chi connectivity index (χ4n) is 3.68. The first-order chi connectivity index (χ1) is 12.2. The zero-order chi connectivity index (χ0) is 17.2. The van der Waals surface area contributed by atoms with Gasteiger partial charge in [-0.1, -0.05) is 6.42 Å². The van der Waals surface area contributed by atoms with Crippen molar-refractivity contribution in [3.05, 3.63) is 45.8 Å². The molecule has 132 valence electrons. The molecule has 2 aliphatic rings. The molecule has 25 heavy (non-hydrogen) atoms. The predicted octanol–water partition coefficient (Wildman–Crippen LogP) is 1.66. The maximum absolute atomic E-state index is 12.2. The highest BCUT2D eigenvalue weighted by Gasteiger charge is 2.32. The lowest BCUT2D eigenvalue weighted by Crippen LogP contribution is -2.37. The van der Waals surface area contributed by atoms with Crippen molar-refractivity contribution in [2.75, 3.05) is 18.5 Å². The maximum Gasteiger partial charge on any atom is 0.267 e. The van der Waals surface area contributed by atoms with Crippen LogP contribution >= 0.6 is 0 Å². The van der Waals surface area contributed by atoms with Crippen molar-refractivity contribution in [2.45, 2.75) is 51.1 Å². The molecule has 1 N–H and O–H groups in total. The average molecular weight is 341 g/mol. The Morgan fingerprint density at radius 1 is 1.16 bits per heavy atom. The molecule has 1 saturated heterocycles. The third-order valence-corrected chi connectivity index (χ3v) is 5.02. The summed E-state index contributed by atoms with van der Waals surface area (Å²) in [6.45, 7) is 2.89. The minimum atomic E-state index is -0.135. The van der Waals surface area contributed by atoms with Gasteiger partial charge < -0.3 is 10.1 Å². The number of rotatable bonds is 3. The van der Waals surface area contributed by atoms with Gasteiger partial charge in [0.25, 0.3) is 5.56 Å². The predicted molar refractivity (Wildman–Crippen MR) is 93.8 cm³/mol. The van der Waals surface area contributed by atoms with E-state index in [9.17, 15) is 4.79 Å². The highest BCUT2D eigenvalue weighted by Crippen LogP contribution is 2.27. The number of aromatic nitrogens is 4. The van der Waals surface area contributed by atoms with Gasteiger partial charge in [-0.25, -0.2) is 14.6 Å². The molecule has 4 rings (SSSR count). The summed E-state index contributed by atoms with van der Waals surface area (Å²) in [6.07, 6.45) is 7.22. The van der Waals surface area contributed by atoms with Crippen molar-refractivity contribution in [3.8, 4) is 0 Å². The molecule has 0 saturated carbocycles. The van der Waals surface area contributed by atoms with Gasteiger partial charge in [-0.05, 0) is 38.7 Å². The van der Waals surface area contributed by atoms with E-state index < -0.39 is 0 Å². The van der Waals surface area contributed by atoms with Gasteiger partial charge in [-0.3, -0.25) is 4.79 Å². The Labute approximate surface area is 146 Å². The van der Waals surface area contributed by atoms with Crippen LogP contribution in [0.4, 0.5) is 5.82 Å². The molecule has 1 fully saturated rings. The third-order valence-electron chi connectivity index (χ3n) is 5.02. The minimum Gasteiger partial charge on any atom is -0.377 e. The van der Waals surface area contributed by atoms with Crippen molar-refractivity contribution < 1.29 is 4.74 Å². The third kappa shape index (κ3) is 3.28. The Kier molecular flexibility index (Phi) is 4.48. The number of ether oxygens (including phenoxy) is 1. The van der Waals surface area contributed by atoms with Crippen LogP contribution in [0, 0.1) is 6.92 Å². The number of nitrogens with one attached hydrogen (secondary N) is 1. The monoisotopic (exact) mass is 341 g/mol. The molecule has 7 heteroatoms. The fraction of sp³-hybridized carbons (Fsp3) is 0.556. The quantitative estimate of drug-likeness (QED) is 0.855. The van der Waals surface area contributed by atoms with Crippen LogP contribution < -0.4 is 10.9 Å². The van der Waals surface area contributed by atoms with E-state index in [0.717, 1.165) is 30.0 Å². The molecule has 7 nitrogen and oxygen atoms in total. The normalized spacial score (nSPS) is 23.1. The molecule has 0 aromatic carbocycles. The number of hydrogen-bond donors (Lipinski definition) is 1. The zero-order valence-corrected chi connectivity index (χ0v) is 14.4. The van der Waals surface area contributed by atoms with Gasteiger partial charge in [-0.15, -0.1) is 0 Å². The maximum atomic E-state index is 12.2. The second kappa shape index (κ2) is 6.92. The van der Waals surface area contributed by atoms with Gasteiger partial charge in [0.15, 0.2) is 0 Å². The molecule has 3 heterocycles. The zero-order valence-electron chi connectivity index (χ0n) is 14.4. The summed E-state index contributed by atoms with van der Waals surface area (Å²) >= 11 is 0. The van der Waals surface area contributed by atoms with Gasteiger partial charge in [0, 0.05) is 17.3 Å². The van der Waals surface area contributed by atoms with Gasteiger partial charge in [0.2, 0.25) is 0 Å². The molecular weight excluding hydrogens is 318 g/mol. The van der Waals surface area contributed by atoms with Crippen LogP contribution in [0.5, 0.6) is 0 Å². The average Bonchev–Trinajstić information content (AvgIpc) is 2.92. The Hall–Kier alpha value is -2.28. The Morgan fingerprint density at radius 3 is 2.96 bits per heavy atom. The smallest absolute Gasteiger partial charge is 0.267 e. The highest BCUT2D eigenvalue weighted by molar-refractivity contribution is 5.47. The first kappa shape index (κ1) is 16.2. The summed E-state index contributed by atoms with van der Waals surface area (Å²) in [7, 11) is 0. The fourth-order valence-corrected chi connectivity index (χ4v) is 3.68. The van der Waals surface area contributed by atoms with E-state index in [1.807, 2.05) is 6.92 Å². The lowest BCUT2D eigenvalue weighted by Gasteiger charge is -2.22. The molecular formula is C18H23N5O2. The number of fused-ring (bicyclic) bond motifs is 1. The molecule has 2 aromatic heterocycles. The van der Waals surface area contributed by atoms with Crippen molar-refractivity contribution in [1.29, 1.82) is 0 Å². The van der Waals surface area contributed by atoms with Gasteiger partial charge >= 0.3 is 0 Å². The van der Waals surface area contributed by atoms with E-state index in [1.165, 1.54) is 24.8 Å². The highest BCUT2D eigenvalue weighted by atomic mass is 16.5. The van der Waals surface area contributed by atoms with Crippen LogP contribution in [0.1, 0.15) is 42.3 Å². The number of aryl methyl sites for hydroxylation is 2. The van der Waals surface area contributed by atoms with Crippen LogP contribution in [-0.2, 0) is 17.6 Å². The van der Waals surface area contributed by atoms with E-state index in [0.29, 0.717) is 13.2 Å². The van der Waals surface area contributed by atoms with Crippen LogP contribution in [0.25, 0.3) is 0 Å². The SMILES string of the molecule is Cc1ccc(=O)n(C2COCC2Nc2ncnc3c2CCCCC3)n1. The summed E-state index contributed by atoms with van der Waals surface area (Å²) in [6, 6.07) is 3.13. The second-order valence-electron chi connectivity index (χ2n) is 6.82. The molecule has 0 bridgehead atoms. The van der Waals surface area contributed by atoms with Crippen molar-refractivity contribution >= 4 is 5.82 Å². The summed E-state index contributed by atoms with van der Waals surface area (Å²) < 4.78 is 7.20. The van der Waals surface area contributed by atoms with Gasteiger partial charge in [-0.2, -0.15) is 5.10 Å². The van der Waals surface area contributed by atoms with Crippen LogP contribution in [-0.4, -0.2) is 39.0 Å². The topological polar surface area (TPSA) is 81.9 Å². The van der Waals surface area contributed by atoms with Gasteiger partial charge in [0.05, 0.1) is 24.9 Å². The van der Waals surface area contributed by atoms with Crippen molar-refractivity contribution in [3.63, 3.8) is 0 Å². The second-order valence-corrected chi connectivity index (χ2v) is 6.82. The first-order valence-corrected chi connectivity index (χ1v) is 8.96. The minimum absolute atomic E-state index is 0.0331. The van der Waals surface area contributed by atoms with Gasteiger partial charge in [0.1, 0.15) is 18.2 Å². The standard InChI is InChI=1S/C18H23N5O2/c1-12-7-8-17(24)23(22-12)16-10-25-9-15(16)21-18-13-5-3-2-4-6-14(13)19-11-20-18/h7-8,11,15-16H,2-6,9-10H2,1H3,(H,19,20,21). The molecule has 0 spiro atoms. The summed E-state index contributed by atoms with van der Waals surface area (Å²) in [5.74, 6) is 0.883. The Bertz CT molecular complexity index is 819. The van der Waals surface area contributed by atoms with E-state index in [4.69, 9.17) is 4.74 Å². The molecule has 1 aliphatic heterocycles. The molecule has 2 unspecified atom stereocenters. The van der Waals surface area contributed by atoms with E-state index >= 15 is 0 Å². The Morgan fingerprint density at radius 2 is 2.04 bits per heavy atom. The largest absolute Gasteiger partial charge is 0.377 e. The van der Waals surface area contributed by atoms with Crippen molar-refractivity contribution in [1.82, 2.24) is 19.7 Å². The molecule has 1 aliphatic carbocycles. The summed E-state index contributed by atoms with van der Waals surface area (Å²) in [5, 5.41) is 7.92. The lowest BCUT2D eigenvalue weighted by molar-refractivity contribution is 0.182. The van der Waals surface area contributed by atoms with E-state index in [2.05, 4.69) is 20.4 Å².